The van der Waals surface area contributed by atoms with Crippen molar-refractivity contribution in [2.24, 2.45) is 0 Å². The summed E-state index contributed by atoms with van der Waals surface area (Å²) in [6.45, 7) is 9.61. The lowest BCUT2D eigenvalue weighted by atomic mass is 9.98. The first kappa shape index (κ1) is 28.5. The minimum atomic E-state index is -1.01. The number of carbonyl (C=O) groups is 3. The maximum atomic E-state index is 14.2. The smallest absolute Gasteiger partial charge is 0.249 e. The van der Waals surface area contributed by atoms with Crippen LogP contribution in [0.15, 0.2) is 72.8 Å². The molecule has 0 bridgehead atoms. The van der Waals surface area contributed by atoms with Crippen molar-refractivity contribution in [1.29, 1.82) is 0 Å². The maximum Gasteiger partial charge on any atom is 0.249 e. The van der Waals surface area contributed by atoms with E-state index in [0.717, 1.165) is 0 Å². The quantitative estimate of drug-likeness (QED) is 0.265. The van der Waals surface area contributed by atoms with Gasteiger partial charge in [0.25, 0.3) is 0 Å². The number of carbonyl (C=O) groups excluding carboxylic acids is 3. The van der Waals surface area contributed by atoms with Gasteiger partial charge in [0.15, 0.2) is 5.78 Å². The number of hydrogen-bond acceptors (Lipinski definition) is 6. The van der Waals surface area contributed by atoms with Gasteiger partial charge in [-0.3, -0.25) is 19.3 Å². The number of amides is 2. The Balaban J connectivity index is 1.83. The molecule has 40 heavy (non-hydrogen) atoms. The molecule has 0 aliphatic rings. The molecule has 4 rings (SSSR count). The second-order valence-corrected chi connectivity index (χ2v) is 10.2. The predicted octanol–water partition coefficient (Wildman–Crippen LogP) is 5.11. The Kier molecular flexibility index (Phi) is 8.62. The third-order valence-electron chi connectivity index (χ3n) is 6.88. The zero-order valence-corrected chi connectivity index (χ0v) is 23.5. The van der Waals surface area contributed by atoms with E-state index in [1.807, 2.05) is 52.0 Å². The fourth-order valence-corrected chi connectivity index (χ4v) is 4.35. The Morgan fingerprint density at radius 3 is 2.27 bits per heavy atom. The summed E-state index contributed by atoms with van der Waals surface area (Å²) in [6, 6.07) is 20.2. The molecule has 0 aliphatic carbocycles. The van der Waals surface area contributed by atoms with Crippen LogP contribution in [-0.2, 0) is 16.1 Å². The van der Waals surface area contributed by atoms with E-state index in [1.54, 1.807) is 48.5 Å². The molecular weight excluding hydrogens is 506 g/mol. The van der Waals surface area contributed by atoms with Crippen LogP contribution in [0.2, 0.25) is 0 Å². The minimum Gasteiger partial charge on any atom is -0.494 e. The first-order valence-corrected chi connectivity index (χ1v) is 13.4. The lowest BCUT2D eigenvalue weighted by molar-refractivity contribution is -0.128. The number of nitrogens with zero attached hydrogens (tertiary/aromatic N) is 4. The van der Waals surface area contributed by atoms with Crippen LogP contribution in [0.3, 0.4) is 0 Å². The SMILES string of the molecule is CCOc1ccc([C@H](C(=O)NC(C)(C)CC)N(C(=O)Cn2nnc3ccccc32)c2ccc(C(C)=O)cc2)cc1. The average Bonchev–Trinajstić information content (AvgIpc) is 3.34. The van der Waals surface area contributed by atoms with E-state index in [-0.39, 0.29) is 24.1 Å². The fraction of sp³-hybridized carbons (Fsp3) is 0.323. The zero-order valence-electron chi connectivity index (χ0n) is 23.5. The van der Waals surface area contributed by atoms with Gasteiger partial charge in [-0.05, 0) is 88.2 Å². The Labute approximate surface area is 234 Å². The molecule has 0 saturated heterocycles. The number of benzene rings is 3. The van der Waals surface area contributed by atoms with E-state index >= 15 is 0 Å². The Morgan fingerprint density at radius 1 is 0.975 bits per heavy atom. The molecule has 4 aromatic rings. The second kappa shape index (κ2) is 12.1. The second-order valence-electron chi connectivity index (χ2n) is 10.2. The fourth-order valence-electron chi connectivity index (χ4n) is 4.35. The molecule has 2 amide bonds. The number of rotatable bonds is 11. The molecule has 0 unspecified atom stereocenters. The number of Topliss-reactive ketones (excluding diaryl/α,β-unsaturated/α-hetero) is 1. The predicted molar refractivity (Wildman–Crippen MR) is 154 cm³/mol. The lowest BCUT2D eigenvalue weighted by Gasteiger charge is -2.34. The van der Waals surface area contributed by atoms with Crippen LogP contribution < -0.4 is 15.0 Å². The van der Waals surface area contributed by atoms with Gasteiger partial charge in [0, 0.05) is 16.8 Å². The number of ether oxygens (including phenoxy) is 1. The summed E-state index contributed by atoms with van der Waals surface area (Å²) in [4.78, 5) is 41.6. The summed E-state index contributed by atoms with van der Waals surface area (Å²) >= 11 is 0. The van der Waals surface area contributed by atoms with Crippen molar-refractivity contribution in [2.45, 2.75) is 59.2 Å². The average molecular weight is 542 g/mol. The summed E-state index contributed by atoms with van der Waals surface area (Å²) in [6.07, 6.45) is 0.695. The molecule has 1 heterocycles. The Bertz CT molecular complexity index is 1490. The Morgan fingerprint density at radius 2 is 1.65 bits per heavy atom. The van der Waals surface area contributed by atoms with Crippen LogP contribution in [0.25, 0.3) is 11.0 Å². The van der Waals surface area contributed by atoms with Crippen molar-refractivity contribution < 1.29 is 19.1 Å². The highest BCUT2D eigenvalue weighted by atomic mass is 16.5. The molecule has 0 saturated carbocycles. The van der Waals surface area contributed by atoms with E-state index < -0.39 is 11.6 Å². The summed E-state index contributed by atoms with van der Waals surface area (Å²) in [5, 5.41) is 11.5. The molecule has 3 aromatic carbocycles. The summed E-state index contributed by atoms with van der Waals surface area (Å²) in [5.41, 5.74) is 2.46. The summed E-state index contributed by atoms with van der Waals surface area (Å²) in [7, 11) is 0. The summed E-state index contributed by atoms with van der Waals surface area (Å²) < 4.78 is 7.13. The molecule has 0 spiro atoms. The highest BCUT2D eigenvalue weighted by Crippen LogP contribution is 2.31. The number of nitrogens with one attached hydrogen (secondary N) is 1. The van der Waals surface area contributed by atoms with Gasteiger partial charge in [-0.15, -0.1) is 5.10 Å². The number of anilines is 1. The molecule has 9 heteroatoms. The molecule has 0 aliphatic heterocycles. The minimum absolute atomic E-state index is 0.0935. The number of para-hydroxylation sites is 1. The van der Waals surface area contributed by atoms with Crippen molar-refractivity contribution in [3.8, 4) is 5.75 Å². The molecule has 0 fully saturated rings. The van der Waals surface area contributed by atoms with E-state index in [1.165, 1.54) is 16.5 Å². The number of fused-ring (bicyclic) bond motifs is 1. The van der Waals surface area contributed by atoms with E-state index in [0.29, 0.717) is 46.6 Å². The van der Waals surface area contributed by atoms with Crippen LogP contribution in [-0.4, -0.2) is 44.7 Å². The van der Waals surface area contributed by atoms with Crippen molar-refractivity contribution in [3.63, 3.8) is 0 Å². The van der Waals surface area contributed by atoms with Crippen LogP contribution in [0.5, 0.6) is 5.75 Å². The van der Waals surface area contributed by atoms with Crippen LogP contribution >= 0.6 is 0 Å². The van der Waals surface area contributed by atoms with E-state index in [9.17, 15) is 14.4 Å². The van der Waals surface area contributed by atoms with Gasteiger partial charge in [-0.25, -0.2) is 4.68 Å². The largest absolute Gasteiger partial charge is 0.494 e. The number of hydrogen-bond donors (Lipinski definition) is 1. The number of aromatic nitrogens is 3. The van der Waals surface area contributed by atoms with Crippen LogP contribution in [0, 0.1) is 0 Å². The first-order valence-electron chi connectivity index (χ1n) is 13.4. The molecule has 9 nitrogen and oxygen atoms in total. The highest BCUT2D eigenvalue weighted by Gasteiger charge is 2.35. The van der Waals surface area contributed by atoms with Crippen molar-refractivity contribution >= 4 is 34.3 Å². The van der Waals surface area contributed by atoms with Gasteiger partial charge in [-0.1, -0.05) is 36.4 Å². The monoisotopic (exact) mass is 541 g/mol. The van der Waals surface area contributed by atoms with Crippen LogP contribution in [0.1, 0.15) is 63.0 Å². The van der Waals surface area contributed by atoms with Crippen molar-refractivity contribution in [1.82, 2.24) is 20.3 Å². The molecule has 0 radical (unpaired) electrons. The zero-order chi connectivity index (χ0) is 28.9. The van der Waals surface area contributed by atoms with Gasteiger partial charge in [0.1, 0.15) is 23.9 Å². The lowest BCUT2D eigenvalue weighted by Crippen LogP contribution is -2.51. The molecule has 208 valence electrons. The third kappa shape index (κ3) is 6.36. The maximum absolute atomic E-state index is 14.2. The number of ketones is 1. The van der Waals surface area contributed by atoms with E-state index in [4.69, 9.17) is 4.74 Å². The van der Waals surface area contributed by atoms with Gasteiger partial charge in [0.05, 0.1) is 12.1 Å². The molecule has 1 N–H and O–H groups in total. The van der Waals surface area contributed by atoms with Gasteiger partial charge < -0.3 is 10.1 Å². The Hall–Kier alpha value is -4.53. The molecule has 1 atom stereocenters. The van der Waals surface area contributed by atoms with Gasteiger partial charge in [0.2, 0.25) is 11.8 Å². The summed E-state index contributed by atoms with van der Waals surface area (Å²) in [5.74, 6) is -0.126. The topological polar surface area (TPSA) is 106 Å². The van der Waals surface area contributed by atoms with Crippen molar-refractivity contribution in [3.05, 3.63) is 83.9 Å². The molecule has 1 aromatic heterocycles. The third-order valence-corrected chi connectivity index (χ3v) is 6.88. The highest BCUT2D eigenvalue weighted by molar-refractivity contribution is 6.02. The normalized spacial score (nSPS) is 12.1. The standard InChI is InChI=1S/C31H35N5O4/c1-6-31(4,5)32-30(39)29(23-14-18-25(19-15-23)40-7-2)36(24-16-12-22(13-17-24)21(3)37)28(38)20-35-27-11-9-8-10-26(27)33-34-35/h8-19,29H,6-7,20H2,1-5H3,(H,32,39)/t29-/m1/s1. The van der Waals surface area contributed by atoms with Crippen molar-refractivity contribution in [2.75, 3.05) is 11.5 Å². The van der Waals surface area contributed by atoms with Crippen LogP contribution in [0.4, 0.5) is 5.69 Å². The van der Waals surface area contributed by atoms with E-state index in [2.05, 4.69) is 15.6 Å². The van der Waals surface area contributed by atoms with Gasteiger partial charge >= 0.3 is 0 Å². The van der Waals surface area contributed by atoms with Gasteiger partial charge in [-0.2, -0.15) is 0 Å². The first-order chi connectivity index (χ1) is 19.1. The molecular formula is C31H35N5O4.